The molecule has 0 saturated carbocycles. The van der Waals surface area contributed by atoms with Gasteiger partial charge >= 0.3 is 0 Å². The van der Waals surface area contributed by atoms with Crippen molar-refractivity contribution in [3.8, 4) is 0 Å². The number of aryl methyl sites for hydroxylation is 3. The first-order valence-electron chi connectivity index (χ1n) is 11.9. The number of aromatic nitrogens is 4. The Kier molecular flexibility index (Phi) is 6.61. The van der Waals surface area contributed by atoms with Crippen LogP contribution in [0, 0.1) is 0 Å². The van der Waals surface area contributed by atoms with E-state index in [2.05, 4.69) is 19.2 Å². The average Bonchev–Trinajstić information content (AvgIpc) is 2.83. The monoisotopic (exact) mass is 509 g/mol. The van der Waals surface area contributed by atoms with Gasteiger partial charge in [0.2, 0.25) is 0 Å². The molecule has 0 spiro atoms. The van der Waals surface area contributed by atoms with Gasteiger partial charge in [0.05, 0.1) is 33.4 Å². The third-order valence-corrected chi connectivity index (χ3v) is 8.06. The predicted molar refractivity (Wildman–Crippen MR) is 139 cm³/mol. The zero-order chi connectivity index (χ0) is 24.6. The van der Waals surface area contributed by atoms with Gasteiger partial charge in [-0.15, -0.1) is 0 Å². The lowest BCUT2D eigenvalue weighted by molar-refractivity contribution is 0.481. The minimum Gasteiger partial charge on any atom is -0.352 e. The highest BCUT2D eigenvalue weighted by molar-refractivity contribution is 8.00. The Labute approximate surface area is 208 Å². The lowest BCUT2D eigenvalue weighted by atomic mass is 10.1. The average molecular weight is 510 g/mol. The van der Waals surface area contributed by atoms with Gasteiger partial charge in [0.1, 0.15) is 22.1 Å². The van der Waals surface area contributed by atoms with Gasteiger partial charge in [0.25, 0.3) is 10.1 Å². The van der Waals surface area contributed by atoms with E-state index >= 15 is 0 Å². The molecule has 2 N–H and O–H groups in total. The topological polar surface area (TPSA) is 118 Å². The predicted octanol–water partition coefficient (Wildman–Crippen LogP) is 5.51. The minimum absolute atomic E-state index is 0.264. The van der Waals surface area contributed by atoms with Crippen LogP contribution in [-0.2, 0) is 29.4 Å². The number of hydrogen-bond acceptors (Lipinski definition) is 8. The zero-order valence-electron chi connectivity index (χ0n) is 19.7. The molecule has 2 aromatic carbocycles. The molecule has 0 unspecified atom stereocenters. The standard InChI is InChI=1S/C25H27N5O3S2/c1-3-7-16-13-26-19-20(28-16)21-22(27-14-17(29-21)8-4-2)25-23(19)30-18-11-5-9-15(24(18)34-25)10-6-12-35(31,32)33/h5,9,11,13-14,30H,3-4,6-8,10,12H2,1-2H3,(H,31,32,33). The van der Waals surface area contributed by atoms with Gasteiger partial charge in [0.15, 0.2) is 0 Å². The normalized spacial score (nSPS) is 13.0. The summed E-state index contributed by atoms with van der Waals surface area (Å²) in [5.74, 6) is -0.264. The molecule has 10 heteroatoms. The van der Waals surface area contributed by atoms with Gasteiger partial charge in [-0.2, -0.15) is 8.42 Å². The molecule has 1 aliphatic rings. The summed E-state index contributed by atoms with van der Waals surface area (Å²) in [7, 11) is -3.99. The summed E-state index contributed by atoms with van der Waals surface area (Å²) in [6.45, 7) is 4.24. The Morgan fingerprint density at radius 2 is 1.54 bits per heavy atom. The molecule has 3 heterocycles. The van der Waals surface area contributed by atoms with Crippen molar-refractivity contribution in [2.24, 2.45) is 0 Å². The smallest absolute Gasteiger partial charge is 0.264 e. The maximum Gasteiger partial charge on any atom is 0.264 e. The van der Waals surface area contributed by atoms with Crippen LogP contribution in [0.3, 0.4) is 0 Å². The lowest BCUT2D eigenvalue weighted by Crippen LogP contribution is -2.09. The second-order valence-electron chi connectivity index (χ2n) is 8.73. The van der Waals surface area contributed by atoms with Crippen LogP contribution in [0.1, 0.15) is 50.1 Å². The van der Waals surface area contributed by atoms with Gasteiger partial charge in [-0.05, 0) is 37.3 Å². The summed E-state index contributed by atoms with van der Waals surface area (Å²) in [5, 5.41) is 3.56. The van der Waals surface area contributed by atoms with Crippen LogP contribution in [0.2, 0.25) is 0 Å². The Morgan fingerprint density at radius 3 is 2.20 bits per heavy atom. The number of benzene rings is 2. The molecule has 0 atom stereocenters. The zero-order valence-corrected chi connectivity index (χ0v) is 21.3. The number of anilines is 2. The Balaban J connectivity index is 1.65. The highest BCUT2D eigenvalue weighted by atomic mass is 32.2. The molecule has 2 aromatic heterocycles. The molecule has 182 valence electrons. The molecule has 0 bridgehead atoms. The van der Waals surface area contributed by atoms with Gasteiger partial charge in [0, 0.05) is 17.3 Å². The summed E-state index contributed by atoms with van der Waals surface area (Å²) < 4.78 is 31.5. The van der Waals surface area contributed by atoms with E-state index in [-0.39, 0.29) is 5.75 Å². The second kappa shape index (κ2) is 9.67. The maximum absolute atomic E-state index is 11.2. The van der Waals surface area contributed by atoms with Crippen LogP contribution in [0.4, 0.5) is 11.4 Å². The van der Waals surface area contributed by atoms with E-state index in [0.29, 0.717) is 12.8 Å². The number of nitrogens with zero attached hydrogens (tertiary/aromatic N) is 4. The molecule has 0 saturated heterocycles. The third-order valence-electron chi connectivity index (χ3n) is 5.97. The van der Waals surface area contributed by atoms with E-state index in [4.69, 9.17) is 24.5 Å². The van der Waals surface area contributed by atoms with Crippen LogP contribution in [-0.4, -0.2) is 38.7 Å². The fraction of sp³-hybridized carbons (Fsp3) is 0.360. The van der Waals surface area contributed by atoms with Crippen molar-refractivity contribution in [2.75, 3.05) is 11.1 Å². The van der Waals surface area contributed by atoms with Crippen molar-refractivity contribution < 1.29 is 13.0 Å². The van der Waals surface area contributed by atoms with E-state index < -0.39 is 10.1 Å². The fourth-order valence-electron chi connectivity index (χ4n) is 4.41. The summed E-state index contributed by atoms with van der Waals surface area (Å²) in [5.41, 5.74) is 7.76. The van der Waals surface area contributed by atoms with Crippen LogP contribution in [0.5, 0.6) is 0 Å². The van der Waals surface area contributed by atoms with E-state index in [9.17, 15) is 8.42 Å². The molecule has 0 amide bonds. The second-order valence-corrected chi connectivity index (χ2v) is 11.3. The molecule has 35 heavy (non-hydrogen) atoms. The summed E-state index contributed by atoms with van der Waals surface area (Å²) in [4.78, 5) is 21.5. The van der Waals surface area contributed by atoms with Crippen molar-refractivity contribution in [3.63, 3.8) is 0 Å². The van der Waals surface area contributed by atoms with Crippen LogP contribution in [0.25, 0.3) is 22.1 Å². The quantitative estimate of drug-likeness (QED) is 0.206. The molecule has 0 aliphatic carbocycles. The highest BCUT2D eigenvalue weighted by Gasteiger charge is 2.26. The van der Waals surface area contributed by atoms with Crippen LogP contribution >= 0.6 is 11.8 Å². The van der Waals surface area contributed by atoms with Gasteiger partial charge in [-0.25, -0.2) is 9.97 Å². The maximum atomic E-state index is 11.2. The fourth-order valence-corrected chi connectivity index (χ4v) is 6.15. The lowest BCUT2D eigenvalue weighted by Gasteiger charge is -2.25. The van der Waals surface area contributed by atoms with Crippen molar-refractivity contribution in [2.45, 2.75) is 62.2 Å². The first kappa shape index (κ1) is 23.9. The molecule has 5 rings (SSSR count). The van der Waals surface area contributed by atoms with Gasteiger partial charge in [-0.3, -0.25) is 14.5 Å². The first-order chi connectivity index (χ1) is 16.9. The molecule has 4 aromatic rings. The van der Waals surface area contributed by atoms with E-state index in [1.807, 2.05) is 30.6 Å². The number of fused-ring (bicyclic) bond motifs is 7. The van der Waals surface area contributed by atoms with E-state index in [1.54, 1.807) is 11.8 Å². The third kappa shape index (κ3) is 4.82. The molecular weight excluding hydrogens is 482 g/mol. The summed E-state index contributed by atoms with van der Waals surface area (Å²) in [6.07, 6.45) is 8.21. The first-order valence-corrected chi connectivity index (χ1v) is 14.3. The van der Waals surface area contributed by atoms with E-state index in [0.717, 1.165) is 85.9 Å². The Morgan fingerprint density at radius 1 is 0.886 bits per heavy atom. The minimum atomic E-state index is -3.99. The number of nitrogens with one attached hydrogen (secondary N) is 1. The number of rotatable bonds is 8. The van der Waals surface area contributed by atoms with Crippen molar-refractivity contribution >= 4 is 55.3 Å². The molecule has 1 aliphatic heterocycles. The van der Waals surface area contributed by atoms with Crippen molar-refractivity contribution in [1.82, 2.24) is 19.9 Å². The number of hydrogen-bond donors (Lipinski definition) is 2. The van der Waals surface area contributed by atoms with Crippen molar-refractivity contribution in [3.05, 3.63) is 47.5 Å². The Bertz CT molecular complexity index is 1540. The van der Waals surface area contributed by atoms with Gasteiger partial charge < -0.3 is 5.32 Å². The highest BCUT2D eigenvalue weighted by Crippen LogP contribution is 2.50. The molecule has 8 nitrogen and oxygen atoms in total. The molecule has 0 fully saturated rings. The van der Waals surface area contributed by atoms with Crippen LogP contribution in [0.15, 0.2) is 40.4 Å². The Hall–Kier alpha value is -2.82. The van der Waals surface area contributed by atoms with Gasteiger partial charge in [-0.1, -0.05) is 50.6 Å². The molecule has 0 radical (unpaired) electrons. The van der Waals surface area contributed by atoms with Crippen LogP contribution < -0.4 is 5.32 Å². The van der Waals surface area contributed by atoms with Crippen molar-refractivity contribution in [1.29, 1.82) is 0 Å². The summed E-state index contributed by atoms with van der Waals surface area (Å²) in [6, 6.07) is 5.95. The molecular formula is C25H27N5O3S2. The van der Waals surface area contributed by atoms with E-state index in [1.165, 1.54) is 0 Å². The SMILES string of the molecule is CCCc1cnc2c3c(c4ncc(CCC)nc4c2n1)Sc1c(CCCS(=O)(=O)O)cccc1N3. The summed E-state index contributed by atoms with van der Waals surface area (Å²) >= 11 is 1.60. The largest absolute Gasteiger partial charge is 0.352 e.